The SMILES string of the molecule is CCCCCCCCCC(=O)CCCC[N+](C)(C)C. The van der Waals surface area contributed by atoms with Gasteiger partial charge in [0.05, 0.1) is 27.7 Å². The molecule has 0 radical (unpaired) electrons. The Balaban J connectivity index is 3.26. The second-order valence-electron chi connectivity index (χ2n) is 6.88. The van der Waals surface area contributed by atoms with E-state index in [1.165, 1.54) is 51.5 Å². The number of rotatable bonds is 13. The normalized spacial score (nSPS) is 11.8. The number of carbonyl (C=O) groups excluding carboxylic acids is 1. The van der Waals surface area contributed by atoms with E-state index < -0.39 is 0 Å². The van der Waals surface area contributed by atoms with Crippen molar-refractivity contribution in [3.8, 4) is 0 Å². The molecule has 0 fully saturated rings. The molecular formula is C17H36NO+. The Labute approximate surface area is 121 Å². The third kappa shape index (κ3) is 15.6. The van der Waals surface area contributed by atoms with Crippen molar-refractivity contribution in [1.82, 2.24) is 0 Å². The van der Waals surface area contributed by atoms with E-state index in [2.05, 4.69) is 28.1 Å². The maximum absolute atomic E-state index is 11.7. The lowest BCUT2D eigenvalue weighted by Gasteiger charge is -2.23. The number of Topliss-reactive ketones (excluding diaryl/α,β-unsaturated/α-hetero) is 1. The summed E-state index contributed by atoms with van der Waals surface area (Å²) in [5.41, 5.74) is 0. The fraction of sp³-hybridized carbons (Fsp3) is 0.941. The van der Waals surface area contributed by atoms with Gasteiger partial charge in [0.2, 0.25) is 0 Å². The zero-order valence-electron chi connectivity index (χ0n) is 13.8. The molecule has 0 N–H and O–H groups in total. The highest BCUT2D eigenvalue weighted by molar-refractivity contribution is 5.78. The van der Waals surface area contributed by atoms with Crippen molar-refractivity contribution in [2.45, 2.75) is 77.6 Å². The van der Waals surface area contributed by atoms with Gasteiger partial charge in [-0.15, -0.1) is 0 Å². The summed E-state index contributed by atoms with van der Waals surface area (Å²) in [5, 5.41) is 0. The molecule has 0 aromatic rings. The Kier molecular flexibility index (Phi) is 11.2. The standard InChI is InChI=1S/C17H36NO/c1-5-6-7-8-9-10-11-14-17(19)15-12-13-16-18(2,3)4/h5-16H2,1-4H3/q+1. The van der Waals surface area contributed by atoms with Gasteiger partial charge < -0.3 is 4.48 Å². The number of ketones is 1. The van der Waals surface area contributed by atoms with Crippen LogP contribution in [-0.2, 0) is 4.79 Å². The molecule has 0 aromatic heterocycles. The highest BCUT2D eigenvalue weighted by Gasteiger charge is 2.07. The molecule has 0 unspecified atom stereocenters. The van der Waals surface area contributed by atoms with Crippen molar-refractivity contribution in [3.63, 3.8) is 0 Å². The van der Waals surface area contributed by atoms with E-state index in [-0.39, 0.29) is 0 Å². The highest BCUT2D eigenvalue weighted by Crippen LogP contribution is 2.10. The molecule has 0 atom stereocenters. The molecule has 0 aliphatic carbocycles. The van der Waals surface area contributed by atoms with Gasteiger partial charge in [-0.25, -0.2) is 0 Å². The summed E-state index contributed by atoms with van der Waals surface area (Å²) in [6, 6.07) is 0. The molecule has 2 heteroatoms. The van der Waals surface area contributed by atoms with Crippen LogP contribution >= 0.6 is 0 Å². The summed E-state index contributed by atoms with van der Waals surface area (Å²) in [5.74, 6) is 0.481. The third-order valence-corrected chi connectivity index (χ3v) is 3.59. The van der Waals surface area contributed by atoms with Gasteiger partial charge in [-0.1, -0.05) is 45.4 Å². The summed E-state index contributed by atoms with van der Waals surface area (Å²) in [7, 11) is 6.63. The average molecular weight is 270 g/mol. The largest absolute Gasteiger partial charge is 0.331 e. The van der Waals surface area contributed by atoms with Gasteiger partial charge >= 0.3 is 0 Å². The van der Waals surface area contributed by atoms with Crippen molar-refractivity contribution in [2.24, 2.45) is 0 Å². The molecule has 0 saturated heterocycles. The Morgan fingerprint density at radius 3 is 1.74 bits per heavy atom. The van der Waals surface area contributed by atoms with Crippen LogP contribution in [0.4, 0.5) is 0 Å². The molecule has 0 rings (SSSR count). The van der Waals surface area contributed by atoms with E-state index >= 15 is 0 Å². The quantitative estimate of drug-likeness (QED) is 0.354. The van der Waals surface area contributed by atoms with Crippen LogP contribution in [0.15, 0.2) is 0 Å². The van der Waals surface area contributed by atoms with E-state index in [4.69, 9.17) is 0 Å². The average Bonchev–Trinajstić information content (AvgIpc) is 2.32. The Bertz CT molecular complexity index is 218. The van der Waals surface area contributed by atoms with Gasteiger partial charge in [-0.3, -0.25) is 4.79 Å². The number of nitrogens with zero attached hydrogens (tertiary/aromatic N) is 1. The molecule has 0 aliphatic heterocycles. The Morgan fingerprint density at radius 1 is 0.737 bits per heavy atom. The lowest BCUT2D eigenvalue weighted by Crippen LogP contribution is -2.35. The van der Waals surface area contributed by atoms with Gasteiger partial charge in [0.25, 0.3) is 0 Å². The Morgan fingerprint density at radius 2 is 1.21 bits per heavy atom. The van der Waals surface area contributed by atoms with Gasteiger partial charge in [-0.2, -0.15) is 0 Å². The van der Waals surface area contributed by atoms with E-state index in [1.807, 2.05) is 0 Å². The minimum absolute atomic E-state index is 0.481. The van der Waals surface area contributed by atoms with Crippen LogP contribution in [0.25, 0.3) is 0 Å². The molecule has 0 saturated carbocycles. The van der Waals surface area contributed by atoms with Crippen LogP contribution in [0.1, 0.15) is 77.6 Å². The van der Waals surface area contributed by atoms with E-state index in [9.17, 15) is 4.79 Å². The second kappa shape index (κ2) is 11.5. The van der Waals surface area contributed by atoms with Gasteiger partial charge in [-0.05, 0) is 19.3 Å². The zero-order chi connectivity index (χ0) is 14.6. The van der Waals surface area contributed by atoms with Crippen LogP contribution in [0, 0.1) is 0 Å². The number of carbonyl (C=O) groups is 1. The van der Waals surface area contributed by atoms with Gasteiger partial charge in [0, 0.05) is 12.8 Å². The maximum atomic E-state index is 11.7. The van der Waals surface area contributed by atoms with Crippen LogP contribution < -0.4 is 0 Å². The van der Waals surface area contributed by atoms with Crippen molar-refractivity contribution in [3.05, 3.63) is 0 Å². The number of hydrogen-bond acceptors (Lipinski definition) is 1. The summed E-state index contributed by atoms with van der Waals surface area (Å²) < 4.78 is 1.01. The molecular weight excluding hydrogens is 234 g/mol. The predicted octanol–water partition coefficient (Wildman–Crippen LogP) is 4.57. The molecule has 0 aliphatic rings. The first-order valence-electron chi connectivity index (χ1n) is 8.28. The first-order valence-corrected chi connectivity index (χ1v) is 8.28. The zero-order valence-corrected chi connectivity index (χ0v) is 13.8. The number of unbranched alkanes of at least 4 members (excludes halogenated alkanes) is 7. The maximum Gasteiger partial charge on any atom is 0.132 e. The second-order valence-corrected chi connectivity index (χ2v) is 6.88. The summed E-state index contributed by atoms with van der Waals surface area (Å²) >= 11 is 0. The monoisotopic (exact) mass is 270 g/mol. The van der Waals surface area contributed by atoms with Crippen molar-refractivity contribution >= 4 is 5.78 Å². The fourth-order valence-corrected chi connectivity index (χ4v) is 2.31. The first-order chi connectivity index (χ1) is 8.95. The number of hydrogen-bond donors (Lipinski definition) is 0. The Hall–Kier alpha value is -0.370. The minimum atomic E-state index is 0.481. The molecule has 0 spiro atoms. The van der Waals surface area contributed by atoms with E-state index in [0.717, 1.165) is 30.2 Å². The highest BCUT2D eigenvalue weighted by atomic mass is 16.1. The molecule has 19 heavy (non-hydrogen) atoms. The predicted molar refractivity (Wildman–Crippen MR) is 84.4 cm³/mol. The molecule has 0 heterocycles. The first kappa shape index (κ1) is 18.6. The third-order valence-electron chi connectivity index (χ3n) is 3.59. The molecule has 0 bridgehead atoms. The van der Waals surface area contributed by atoms with Crippen LogP contribution in [-0.4, -0.2) is 38.0 Å². The molecule has 0 aromatic carbocycles. The summed E-state index contributed by atoms with van der Waals surface area (Å²) in [6.07, 6.45) is 12.9. The smallest absolute Gasteiger partial charge is 0.132 e. The minimum Gasteiger partial charge on any atom is -0.331 e. The van der Waals surface area contributed by atoms with E-state index in [1.54, 1.807) is 0 Å². The van der Waals surface area contributed by atoms with Gasteiger partial charge in [0.15, 0.2) is 0 Å². The van der Waals surface area contributed by atoms with Crippen LogP contribution in [0.5, 0.6) is 0 Å². The van der Waals surface area contributed by atoms with Crippen molar-refractivity contribution in [1.29, 1.82) is 0 Å². The van der Waals surface area contributed by atoms with E-state index in [0.29, 0.717) is 5.78 Å². The fourth-order valence-electron chi connectivity index (χ4n) is 2.31. The number of quaternary nitrogens is 1. The van der Waals surface area contributed by atoms with Crippen molar-refractivity contribution < 1.29 is 9.28 Å². The topological polar surface area (TPSA) is 17.1 Å². The summed E-state index contributed by atoms with van der Waals surface area (Å²) in [6.45, 7) is 3.42. The molecule has 0 amide bonds. The summed E-state index contributed by atoms with van der Waals surface area (Å²) in [4.78, 5) is 11.7. The van der Waals surface area contributed by atoms with Gasteiger partial charge in [0.1, 0.15) is 5.78 Å². The van der Waals surface area contributed by atoms with Crippen molar-refractivity contribution in [2.75, 3.05) is 27.7 Å². The lowest BCUT2D eigenvalue weighted by atomic mass is 10.0. The van der Waals surface area contributed by atoms with Crippen LogP contribution in [0.3, 0.4) is 0 Å². The molecule has 114 valence electrons. The van der Waals surface area contributed by atoms with Crippen LogP contribution in [0.2, 0.25) is 0 Å². The lowest BCUT2D eigenvalue weighted by molar-refractivity contribution is -0.870. The molecule has 2 nitrogen and oxygen atoms in total.